The Kier molecular flexibility index (Phi) is 5.41. The summed E-state index contributed by atoms with van der Waals surface area (Å²) in [5.41, 5.74) is 0.0611. The summed E-state index contributed by atoms with van der Waals surface area (Å²) in [5.74, 6) is 0.474. The highest BCUT2D eigenvalue weighted by atomic mass is 79.9. The highest BCUT2D eigenvalue weighted by Crippen LogP contribution is 2.28. The molecule has 0 N–H and O–H groups in total. The molecule has 19 heavy (non-hydrogen) atoms. The first-order valence-electron chi connectivity index (χ1n) is 5.87. The molecule has 104 valence electrons. The van der Waals surface area contributed by atoms with Crippen LogP contribution in [0.1, 0.15) is 25.8 Å². The Morgan fingerprint density at radius 2 is 1.84 bits per heavy atom. The van der Waals surface area contributed by atoms with E-state index in [4.69, 9.17) is 0 Å². The van der Waals surface area contributed by atoms with E-state index in [1.165, 1.54) is 12.1 Å². The van der Waals surface area contributed by atoms with E-state index in [0.29, 0.717) is 17.9 Å². The van der Waals surface area contributed by atoms with Gasteiger partial charge in [0.1, 0.15) is 0 Å². The molecule has 0 saturated heterocycles. The van der Waals surface area contributed by atoms with Crippen LogP contribution in [0.2, 0.25) is 0 Å². The van der Waals surface area contributed by atoms with Gasteiger partial charge < -0.3 is 0 Å². The van der Waals surface area contributed by atoms with Gasteiger partial charge in [0, 0.05) is 16.5 Å². The van der Waals surface area contributed by atoms with Crippen molar-refractivity contribution in [2.45, 2.75) is 31.5 Å². The van der Waals surface area contributed by atoms with Gasteiger partial charge in [-0.15, -0.1) is 0 Å². The molecule has 0 aromatic heterocycles. The highest BCUT2D eigenvalue weighted by Gasteiger charge is 2.21. The van der Waals surface area contributed by atoms with Crippen LogP contribution < -0.4 is 0 Å². The minimum Gasteiger partial charge on any atom is -0.258 e. The van der Waals surface area contributed by atoms with E-state index in [0.717, 1.165) is 12.5 Å². The second kappa shape index (κ2) is 6.60. The summed E-state index contributed by atoms with van der Waals surface area (Å²) >= 11 is 3.49. The molecule has 0 amide bonds. The summed E-state index contributed by atoms with van der Waals surface area (Å²) in [6.07, 6.45) is 1.36. The molecular weight excluding hydrogens is 316 g/mol. The minimum atomic E-state index is -0.628. The molecule has 0 aliphatic rings. The largest absolute Gasteiger partial charge is 0.279 e. The third-order valence-electron chi connectivity index (χ3n) is 2.64. The molecule has 1 aromatic rings. The van der Waals surface area contributed by atoms with Crippen LogP contribution in [0.15, 0.2) is 18.2 Å². The maximum Gasteiger partial charge on any atom is 0.279 e. The van der Waals surface area contributed by atoms with Gasteiger partial charge in [0.05, 0.1) is 15.9 Å². The fraction of sp³-hybridized carbons (Fsp3) is 0.500. The van der Waals surface area contributed by atoms with Gasteiger partial charge >= 0.3 is 0 Å². The summed E-state index contributed by atoms with van der Waals surface area (Å²) in [6.45, 7) is 4.14. The van der Waals surface area contributed by atoms with Crippen molar-refractivity contribution in [1.82, 2.24) is 0 Å². The summed E-state index contributed by atoms with van der Waals surface area (Å²) in [5, 5.41) is 21.6. The van der Waals surface area contributed by atoms with Crippen molar-refractivity contribution in [3.05, 3.63) is 44.0 Å². The molecule has 0 fully saturated rings. The molecule has 0 radical (unpaired) electrons. The maximum absolute atomic E-state index is 11.0. The number of hydrogen-bond acceptors (Lipinski definition) is 4. The van der Waals surface area contributed by atoms with E-state index in [9.17, 15) is 20.2 Å². The number of alkyl halides is 1. The van der Waals surface area contributed by atoms with E-state index < -0.39 is 9.85 Å². The number of hydrogen-bond donors (Lipinski definition) is 0. The van der Waals surface area contributed by atoms with Gasteiger partial charge in [0.25, 0.3) is 11.4 Å². The molecule has 0 saturated carbocycles. The lowest BCUT2D eigenvalue weighted by atomic mass is 10.0. The Hall–Kier alpha value is -1.50. The summed E-state index contributed by atoms with van der Waals surface area (Å²) in [4.78, 5) is 20.5. The Morgan fingerprint density at radius 1 is 1.21 bits per heavy atom. The number of non-ortho nitro benzene ring substituents is 1. The van der Waals surface area contributed by atoms with Crippen molar-refractivity contribution in [3.8, 4) is 0 Å². The molecule has 0 spiro atoms. The number of nitrogens with zero attached hydrogens (tertiary/aromatic N) is 2. The molecular formula is C12H15BrN2O4. The van der Waals surface area contributed by atoms with Gasteiger partial charge in [-0.1, -0.05) is 29.8 Å². The average molecular weight is 331 g/mol. The van der Waals surface area contributed by atoms with E-state index in [1.807, 2.05) is 0 Å². The normalized spacial score (nSPS) is 12.4. The maximum atomic E-state index is 11.0. The molecule has 0 heterocycles. The van der Waals surface area contributed by atoms with Crippen molar-refractivity contribution in [3.63, 3.8) is 0 Å². The summed E-state index contributed by atoms with van der Waals surface area (Å²) < 4.78 is 0. The molecule has 0 aliphatic heterocycles. The summed E-state index contributed by atoms with van der Waals surface area (Å²) in [6, 6.07) is 3.78. The standard InChI is InChI=1S/C12H15BrN2O4/c1-8(2)5-10(13)6-9-3-4-11(14(16)17)7-12(9)15(18)19/h3-4,7-8,10H,5-6H2,1-2H3. The van der Waals surface area contributed by atoms with E-state index in [2.05, 4.69) is 29.8 Å². The number of benzene rings is 1. The first kappa shape index (κ1) is 15.6. The zero-order valence-corrected chi connectivity index (χ0v) is 12.3. The Bertz CT molecular complexity index is 491. The third kappa shape index (κ3) is 4.59. The number of nitro groups is 2. The van der Waals surface area contributed by atoms with Gasteiger partial charge in [-0.25, -0.2) is 0 Å². The second-order valence-corrected chi connectivity index (χ2v) is 6.05. The number of rotatable bonds is 6. The monoisotopic (exact) mass is 330 g/mol. The van der Waals surface area contributed by atoms with Gasteiger partial charge in [0.2, 0.25) is 0 Å². The molecule has 0 bridgehead atoms. The van der Waals surface area contributed by atoms with Gasteiger partial charge in [-0.2, -0.15) is 0 Å². The number of nitro benzene ring substituents is 2. The van der Waals surface area contributed by atoms with Crippen LogP contribution in [0.25, 0.3) is 0 Å². The smallest absolute Gasteiger partial charge is 0.258 e. The lowest BCUT2D eigenvalue weighted by molar-refractivity contribution is -0.394. The lowest BCUT2D eigenvalue weighted by Gasteiger charge is -2.12. The molecule has 1 aromatic carbocycles. The molecule has 6 nitrogen and oxygen atoms in total. The Labute approximate surface area is 119 Å². The molecule has 7 heteroatoms. The van der Waals surface area contributed by atoms with Crippen molar-refractivity contribution in [1.29, 1.82) is 0 Å². The van der Waals surface area contributed by atoms with Crippen LogP contribution >= 0.6 is 15.9 Å². The van der Waals surface area contributed by atoms with E-state index in [1.54, 1.807) is 0 Å². The Balaban J connectivity index is 3.00. The fourth-order valence-corrected chi connectivity index (χ4v) is 2.94. The molecule has 1 rings (SSSR count). The van der Waals surface area contributed by atoms with Gasteiger partial charge in [0.15, 0.2) is 0 Å². The van der Waals surface area contributed by atoms with Crippen molar-refractivity contribution in [2.24, 2.45) is 5.92 Å². The van der Waals surface area contributed by atoms with Crippen molar-refractivity contribution in [2.75, 3.05) is 0 Å². The fourth-order valence-electron chi connectivity index (χ4n) is 1.84. The Morgan fingerprint density at radius 3 is 2.32 bits per heavy atom. The molecule has 0 aliphatic carbocycles. The van der Waals surface area contributed by atoms with Gasteiger partial charge in [-0.3, -0.25) is 20.2 Å². The highest BCUT2D eigenvalue weighted by molar-refractivity contribution is 9.09. The first-order chi connectivity index (χ1) is 8.81. The molecule has 1 atom stereocenters. The predicted molar refractivity (Wildman–Crippen MR) is 75.6 cm³/mol. The first-order valence-corrected chi connectivity index (χ1v) is 6.78. The SMILES string of the molecule is CC(C)CC(Br)Cc1ccc([N+](=O)[O-])cc1[N+](=O)[O-]. The van der Waals surface area contributed by atoms with Crippen LogP contribution in [0.3, 0.4) is 0 Å². The number of halogens is 1. The van der Waals surface area contributed by atoms with Crippen LogP contribution in [0.4, 0.5) is 11.4 Å². The van der Waals surface area contributed by atoms with Crippen LogP contribution in [0.5, 0.6) is 0 Å². The zero-order valence-electron chi connectivity index (χ0n) is 10.7. The quantitative estimate of drug-likeness (QED) is 0.450. The topological polar surface area (TPSA) is 86.3 Å². The molecule has 1 unspecified atom stereocenters. The van der Waals surface area contributed by atoms with E-state index in [-0.39, 0.29) is 16.2 Å². The van der Waals surface area contributed by atoms with Crippen LogP contribution in [-0.4, -0.2) is 14.7 Å². The van der Waals surface area contributed by atoms with Crippen LogP contribution in [-0.2, 0) is 6.42 Å². The zero-order chi connectivity index (χ0) is 14.6. The van der Waals surface area contributed by atoms with Crippen molar-refractivity contribution < 1.29 is 9.85 Å². The lowest BCUT2D eigenvalue weighted by Crippen LogP contribution is -2.08. The van der Waals surface area contributed by atoms with Gasteiger partial charge in [-0.05, 0) is 24.8 Å². The van der Waals surface area contributed by atoms with Crippen LogP contribution in [0, 0.1) is 26.1 Å². The van der Waals surface area contributed by atoms with E-state index >= 15 is 0 Å². The average Bonchev–Trinajstić information content (AvgIpc) is 2.27. The predicted octanol–water partition coefficient (Wildman–Crippen LogP) is 3.86. The third-order valence-corrected chi connectivity index (χ3v) is 3.34. The minimum absolute atomic E-state index is 0.118. The van der Waals surface area contributed by atoms with Crippen molar-refractivity contribution >= 4 is 27.3 Å². The second-order valence-electron chi connectivity index (χ2n) is 4.76. The summed E-state index contributed by atoms with van der Waals surface area (Å²) in [7, 11) is 0.